The summed E-state index contributed by atoms with van der Waals surface area (Å²) < 4.78 is 0. The summed E-state index contributed by atoms with van der Waals surface area (Å²) in [6.45, 7) is 4.36. The molecule has 0 aliphatic carbocycles. The molecule has 0 spiro atoms. The predicted octanol–water partition coefficient (Wildman–Crippen LogP) is 8.76. The SMILES string of the molecule is CC(C)c1cc(-c2ccccc2)c2ccc3ccc(-c4cc(-c5ccccc5)nc(-c5ccccn5)n4)nc3c2n1. The number of pyridine rings is 3. The van der Waals surface area contributed by atoms with Crippen LogP contribution < -0.4 is 0 Å². The van der Waals surface area contributed by atoms with E-state index < -0.39 is 0 Å². The van der Waals surface area contributed by atoms with E-state index in [1.54, 1.807) is 6.20 Å². The summed E-state index contributed by atoms with van der Waals surface area (Å²) in [5.74, 6) is 0.838. The van der Waals surface area contributed by atoms with Gasteiger partial charge in [0.15, 0.2) is 5.82 Å². The van der Waals surface area contributed by atoms with Crippen molar-refractivity contribution in [3.63, 3.8) is 0 Å². The first-order chi connectivity index (χ1) is 20.1. The lowest BCUT2D eigenvalue weighted by molar-refractivity contribution is 0.831. The average Bonchev–Trinajstić information content (AvgIpc) is 3.05. The molecule has 0 saturated heterocycles. The Balaban J connectivity index is 1.47. The minimum absolute atomic E-state index is 0.275. The number of hydrogen-bond donors (Lipinski definition) is 0. The minimum atomic E-state index is 0.275. The zero-order chi connectivity index (χ0) is 27.8. The Labute approximate surface area is 238 Å². The van der Waals surface area contributed by atoms with Gasteiger partial charge in [-0.25, -0.2) is 15.0 Å². The molecule has 5 nitrogen and oxygen atoms in total. The van der Waals surface area contributed by atoms with Crippen LogP contribution in [-0.4, -0.2) is 24.9 Å². The third-order valence-electron chi connectivity index (χ3n) is 7.29. The number of benzene rings is 3. The molecule has 7 rings (SSSR count). The zero-order valence-electron chi connectivity index (χ0n) is 22.9. The number of nitrogens with zero attached hydrogens (tertiary/aromatic N) is 5. The third kappa shape index (κ3) is 4.72. The van der Waals surface area contributed by atoms with E-state index in [-0.39, 0.29) is 5.92 Å². The lowest BCUT2D eigenvalue weighted by atomic mass is 9.96. The van der Waals surface area contributed by atoms with Crippen molar-refractivity contribution in [3.8, 4) is 45.3 Å². The fourth-order valence-electron chi connectivity index (χ4n) is 5.13. The van der Waals surface area contributed by atoms with Gasteiger partial charge >= 0.3 is 0 Å². The van der Waals surface area contributed by atoms with Crippen LogP contribution in [0.1, 0.15) is 25.5 Å². The Morgan fingerprint density at radius 2 is 1.22 bits per heavy atom. The van der Waals surface area contributed by atoms with Gasteiger partial charge in [-0.3, -0.25) is 9.97 Å². The molecule has 0 bridgehead atoms. The lowest BCUT2D eigenvalue weighted by Crippen LogP contribution is -1.99. The summed E-state index contributed by atoms with van der Waals surface area (Å²) in [4.78, 5) is 24.7. The summed E-state index contributed by atoms with van der Waals surface area (Å²) in [6.07, 6.45) is 1.76. The van der Waals surface area contributed by atoms with Crippen LogP contribution in [-0.2, 0) is 0 Å². The van der Waals surface area contributed by atoms with Gasteiger partial charge in [0, 0.05) is 28.2 Å². The molecular formula is C36H27N5. The molecule has 0 atom stereocenters. The molecule has 7 aromatic rings. The van der Waals surface area contributed by atoms with Crippen LogP contribution in [0.4, 0.5) is 0 Å². The highest BCUT2D eigenvalue weighted by Gasteiger charge is 2.16. The summed E-state index contributed by atoms with van der Waals surface area (Å²) in [5.41, 5.74) is 9.19. The van der Waals surface area contributed by atoms with E-state index in [1.807, 2.05) is 54.6 Å². The Morgan fingerprint density at radius 3 is 1.95 bits per heavy atom. The monoisotopic (exact) mass is 529 g/mol. The van der Waals surface area contributed by atoms with Crippen molar-refractivity contribution < 1.29 is 0 Å². The van der Waals surface area contributed by atoms with Gasteiger partial charge in [0.25, 0.3) is 0 Å². The molecule has 4 aromatic heterocycles. The lowest BCUT2D eigenvalue weighted by Gasteiger charge is -2.14. The maximum absolute atomic E-state index is 5.21. The highest BCUT2D eigenvalue weighted by atomic mass is 14.9. The molecule has 0 unspecified atom stereocenters. The number of rotatable bonds is 5. The van der Waals surface area contributed by atoms with Gasteiger partial charge in [-0.2, -0.15) is 0 Å². The van der Waals surface area contributed by atoms with Crippen LogP contribution in [0, 0.1) is 0 Å². The first kappa shape index (κ1) is 24.7. The van der Waals surface area contributed by atoms with Gasteiger partial charge in [-0.05, 0) is 47.4 Å². The summed E-state index contributed by atoms with van der Waals surface area (Å²) >= 11 is 0. The van der Waals surface area contributed by atoms with Crippen molar-refractivity contribution in [1.29, 1.82) is 0 Å². The van der Waals surface area contributed by atoms with Crippen LogP contribution in [0.5, 0.6) is 0 Å². The molecule has 4 heterocycles. The van der Waals surface area contributed by atoms with E-state index in [0.29, 0.717) is 11.5 Å². The van der Waals surface area contributed by atoms with Gasteiger partial charge in [-0.1, -0.05) is 98.8 Å². The van der Waals surface area contributed by atoms with Crippen LogP contribution in [0.15, 0.2) is 121 Å². The maximum Gasteiger partial charge on any atom is 0.179 e. The standard InChI is InChI=1S/C36H27N5/c1-23(2)31-21-28(24-11-5-3-6-12-24)27-18-16-26-17-19-29(38-34(26)35(27)39-31)33-22-32(25-13-7-4-8-14-25)40-36(41-33)30-15-9-10-20-37-30/h3-23H,1-2H3. The zero-order valence-corrected chi connectivity index (χ0v) is 22.9. The van der Waals surface area contributed by atoms with E-state index in [1.165, 1.54) is 11.1 Å². The number of aromatic nitrogens is 5. The Bertz CT molecular complexity index is 1950. The summed E-state index contributed by atoms with van der Waals surface area (Å²) in [5, 5.41) is 2.12. The predicted molar refractivity (Wildman–Crippen MR) is 166 cm³/mol. The van der Waals surface area contributed by atoms with E-state index in [9.17, 15) is 0 Å². The molecule has 0 saturated carbocycles. The van der Waals surface area contributed by atoms with Crippen molar-refractivity contribution in [3.05, 3.63) is 127 Å². The first-order valence-corrected chi connectivity index (χ1v) is 13.8. The largest absolute Gasteiger partial charge is 0.253 e. The molecule has 0 aliphatic rings. The smallest absolute Gasteiger partial charge is 0.179 e. The van der Waals surface area contributed by atoms with E-state index in [0.717, 1.165) is 50.1 Å². The second-order valence-electron chi connectivity index (χ2n) is 10.4. The highest BCUT2D eigenvalue weighted by molar-refractivity contribution is 6.08. The summed E-state index contributed by atoms with van der Waals surface area (Å²) in [7, 11) is 0. The topological polar surface area (TPSA) is 64.5 Å². The minimum Gasteiger partial charge on any atom is -0.253 e. The molecular weight excluding hydrogens is 502 g/mol. The molecule has 0 amide bonds. The molecule has 0 aliphatic heterocycles. The van der Waals surface area contributed by atoms with Crippen LogP contribution in [0.3, 0.4) is 0 Å². The van der Waals surface area contributed by atoms with Crippen molar-refractivity contribution in [2.24, 2.45) is 0 Å². The van der Waals surface area contributed by atoms with Crippen molar-refractivity contribution in [1.82, 2.24) is 24.9 Å². The first-order valence-electron chi connectivity index (χ1n) is 13.8. The van der Waals surface area contributed by atoms with Gasteiger partial charge in [0.1, 0.15) is 5.69 Å². The molecule has 196 valence electrons. The van der Waals surface area contributed by atoms with Gasteiger partial charge in [0.2, 0.25) is 0 Å². The van der Waals surface area contributed by atoms with E-state index in [4.69, 9.17) is 19.9 Å². The van der Waals surface area contributed by atoms with Crippen LogP contribution in [0.2, 0.25) is 0 Å². The third-order valence-corrected chi connectivity index (χ3v) is 7.29. The van der Waals surface area contributed by atoms with Crippen molar-refractivity contribution in [2.45, 2.75) is 19.8 Å². The quantitative estimate of drug-likeness (QED) is 0.209. The van der Waals surface area contributed by atoms with Gasteiger partial charge in [0.05, 0.1) is 28.1 Å². The van der Waals surface area contributed by atoms with Crippen molar-refractivity contribution in [2.75, 3.05) is 0 Å². The highest BCUT2D eigenvalue weighted by Crippen LogP contribution is 2.35. The Kier molecular flexibility index (Phi) is 6.25. The van der Waals surface area contributed by atoms with E-state index in [2.05, 4.69) is 79.5 Å². The van der Waals surface area contributed by atoms with Crippen LogP contribution in [0.25, 0.3) is 67.1 Å². The summed E-state index contributed by atoms with van der Waals surface area (Å²) in [6, 6.07) is 39.1. The van der Waals surface area contributed by atoms with Crippen LogP contribution >= 0.6 is 0 Å². The fraction of sp³-hybridized carbons (Fsp3) is 0.0833. The molecule has 0 N–H and O–H groups in total. The van der Waals surface area contributed by atoms with E-state index >= 15 is 0 Å². The second kappa shape index (κ2) is 10.4. The molecule has 0 fully saturated rings. The van der Waals surface area contributed by atoms with Gasteiger partial charge < -0.3 is 0 Å². The molecule has 0 radical (unpaired) electrons. The Hall–Kier alpha value is -5.29. The molecule has 41 heavy (non-hydrogen) atoms. The second-order valence-corrected chi connectivity index (χ2v) is 10.4. The average molecular weight is 530 g/mol. The maximum atomic E-state index is 5.21. The molecule has 3 aromatic carbocycles. The van der Waals surface area contributed by atoms with Gasteiger partial charge in [-0.15, -0.1) is 0 Å². The normalized spacial score (nSPS) is 11.4. The van der Waals surface area contributed by atoms with Crippen molar-refractivity contribution >= 4 is 21.8 Å². The Morgan fingerprint density at radius 1 is 0.512 bits per heavy atom. The fourth-order valence-corrected chi connectivity index (χ4v) is 5.13. The number of hydrogen-bond acceptors (Lipinski definition) is 5. The molecule has 5 heteroatoms. The number of fused-ring (bicyclic) bond motifs is 3.